The first kappa shape index (κ1) is 11.4. The Balaban J connectivity index is 1.64. The van der Waals surface area contributed by atoms with Gasteiger partial charge in [-0.1, -0.05) is 6.92 Å². The predicted molar refractivity (Wildman–Crippen MR) is 76.0 cm³/mol. The van der Waals surface area contributed by atoms with Gasteiger partial charge in [0.05, 0.1) is 0 Å². The number of ether oxygens (including phenoxy) is 2. The Morgan fingerprint density at radius 1 is 1.15 bits per heavy atom. The Morgan fingerprint density at radius 3 is 2.90 bits per heavy atom. The Hall–Kier alpha value is -1.22. The van der Waals surface area contributed by atoms with Gasteiger partial charge in [0.25, 0.3) is 0 Å². The van der Waals surface area contributed by atoms with Crippen molar-refractivity contribution in [3.63, 3.8) is 0 Å². The monoisotopic (exact) mass is 271 g/mol. The summed E-state index contributed by atoms with van der Waals surface area (Å²) in [5, 5.41) is 0. The summed E-state index contributed by atoms with van der Waals surface area (Å²) >= 11 is 0. The molecule has 0 spiro atoms. The van der Waals surface area contributed by atoms with Gasteiger partial charge < -0.3 is 9.47 Å². The van der Waals surface area contributed by atoms with Crippen LogP contribution in [0.15, 0.2) is 12.1 Å². The molecule has 0 N–H and O–H groups in total. The van der Waals surface area contributed by atoms with Crippen LogP contribution in [0.3, 0.4) is 0 Å². The van der Waals surface area contributed by atoms with Gasteiger partial charge in [0.1, 0.15) is 0 Å². The highest BCUT2D eigenvalue weighted by atomic mass is 16.7. The molecule has 106 valence electrons. The fourth-order valence-corrected chi connectivity index (χ4v) is 5.17. The Labute approximate surface area is 119 Å². The van der Waals surface area contributed by atoms with Crippen LogP contribution >= 0.6 is 0 Å². The molecule has 3 heteroatoms. The van der Waals surface area contributed by atoms with Crippen molar-refractivity contribution in [1.29, 1.82) is 0 Å². The zero-order valence-corrected chi connectivity index (χ0v) is 12.0. The van der Waals surface area contributed by atoms with E-state index in [1.165, 1.54) is 31.4 Å². The third-order valence-electron chi connectivity index (χ3n) is 5.87. The molecule has 4 aliphatic rings. The minimum Gasteiger partial charge on any atom is -0.454 e. The molecule has 4 atom stereocenters. The van der Waals surface area contributed by atoms with Crippen molar-refractivity contribution in [3.8, 4) is 11.5 Å². The third kappa shape index (κ3) is 1.44. The number of nitrogens with zero attached hydrogens (tertiary/aromatic N) is 1. The van der Waals surface area contributed by atoms with Gasteiger partial charge in [-0.25, -0.2) is 0 Å². The van der Waals surface area contributed by atoms with Crippen molar-refractivity contribution in [3.05, 3.63) is 23.3 Å². The van der Waals surface area contributed by atoms with E-state index in [1.807, 2.05) is 0 Å². The molecule has 3 nitrogen and oxygen atoms in total. The van der Waals surface area contributed by atoms with Gasteiger partial charge in [0.2, 0.25) is 6.79 Å². The molecule has 1 aromatic carbocycles. The summed E-state index contributed by atoms with van der Waals surface area (Å²) in [4.78, 5) is 2.73. The van der Waals surface area contributed by atoms with Gasteiger partial charge >= 0.3 is 0 Å². The van der Waals surface area contributed by atoms with Crippen molar-refractivity contribution in [2.24, 2.45) is 11.8 Å². The second-order valence-electron chi connectivity index (χ2n) is 7.10. The minimum atomic E-state index is 0.384. The average molecular weight is 271 g/mol. The lowest BCUT2D eigenvalue weighted by Crippen LogP contribution is -2.45. The van der Waals surface area contributed by atoms with Gasteiger partial charge in [0, 0.05) is 18.5 Å². The van der Waals surface area contributed by atoms with E-state index in [0.29, 0.717) is 12.7 Å². The van der Waals surface area contributed by atoms with Crippen LogP contribution in [0.2, 0.25) is 0 Å². The molecule has 0 radical (unpaired) electrons. The molecule has 1 unspecified atom stereocenters. The van der Waals surface area contributed by atoms with Crippen LogP contribution < -0.4 is 9.47 Å². The Morgan fingerprint density at radius 2 is 2.00 bits per heavy atom. The molecule has 1 aromatic rings. The van der Waals surface area contributed by atoms with Gasteiger partial charge in [0.15, 0.2) is 11.5 Å². The number of fused-ring (bicyclic) bond motifs is 3. The Kier molecular flexibility index (Phi) is 2.24. The average Bonchev–Trinajstić information content (AvgIpc) is 3.04. The highest BCUT2D eigenvalue weighted by molar-refractivity contribution is 5.51. The molecular formula is C17H21NO2. The molecule has 5 rings (SSSR count). The second kappa shape index (κ2) is 3.91. The second-order valence-corrected chi connectivity index (χ2v) is 7.10. The van der Waals surface area contributed by atoms with E-state index in [0.717, 1.165) is 35.9 Å². The van der Waals surface area contributed by atoms with Crippen molar-refractivity contribution < 1.29 is 9.47 Å². The zero-order chi connectivity index (χ0) is 13.3. The molecule has 0 amide bonds. The van der Waals surface area contributed by atoms with Crippen molar-refractivity contribution in [1.82, 2.24) is 4.90 Å². The fourth-order valence-electron chi connectivity index (χ4n) is 5.17. The number of rotatable bonds is 0. The summed E-state index contributed by atoms with van der Waals surface area (Å²) in [6.45, 7) is 5.21. The number of hydrogen-bond acceptors (Lipinski definition) is 3. The van der Waals surface area contributed by atoms with Crippen LogP contribution in [0, 0.1) is 11.8 Å². The summed E-state index contributed by atoms with van der Waals surface area (Å²) < 4.78 is 11.2. The molecule has 2 fully saturated rings. The van der Waals surface area contributed by atoms with E-state index >= 15 is 0 Å². The molecule has 1 saturated heterocycles. The van der Waals surface area contributed by atoms with Crippen LogP contribution in [-0.2, 0) is 6.54 Å². The van der Waals surface area contributed by atoms with Gasteiger partial charge in [-0.2, -0.15) is 0 Å². The van der Waals surface area contributed by atoms with E-state index < -0.39 is 0 Å². The molecule has 20 heavy (non-hydrogen) atoms. The molecule has 3 heterocycles. The largest absolute Gasteiger partial charge is 0.454 e. The van der Waals surface area contributed by atoms with Crippen molar-refractivity contribution in [2.45, 2.75) is 44.7 Å². The Bertz CT molecular complexity index is 570. The van der Waals surface area contributed by atoms with Gasteiger partial charge in [-0.05, 0) is 60.9 Å². The number of hydrogen-bond donors (Lipinski definition) is 0. The van der Waals surface area contributed by atoms with E-state index in [2.05, 4.69) is 24.0 Å². The molecular weight excluding hydrogens is 250 g/mol. The fraction of sp³-hybridized carbons (Fsp3) is 0.647. The maximum atomic E-state index is 5.60. The molecule has 0 aromatic heterocycles. The molecule has 0 bridgehead atoms. The first-order valence-corrected chi connectivity index (χ1v) is 7.96. The smallest absolute Gasteiger partial charge is 0.231 e. The van der Waals surface area contributed by atoms with E-state index in [1.54, 1.807) is 5.56 Å². The van der Waals surface area contributed by atoms with Crippen LogP contribution in [0.25, 0.3) is 0 Å². The summed E-state index contributed by atoms with van der Waals surface area (Å²) in [5.41, 5.74) is 3.03. The van der Waals surface area contributed by atoms with E-state index in [4.69, 9.17) is 9.47 Å². The predicted octanol–water partition coefficient (Wildman–Crippen LogP) is 3.13. The van der Waals surface area contributed by atoms with Crippen LogP contribution in [0.1, 0.15) is 43.2 Å². The van der Waals surface area contributed by atoms with E-state index in [-0.39, 0.29) is 0 Å². The highest BCUT2D eigenvalue weighted by Gasteiger charge is 2.47. The lowest BCUT2D eigenvalue weighted by Gasteiger charge is -2.45. The minimum absolute atomic E-state index is 0.384. The van der Waals surface area contributed by atoms with E-state index in [9.17, 15) is 0 Å². The topological polar surface area (TPSA) is 21.7 Å². The quantitative estimate of drug-likeness (QED) is 0.723. The maximum Gasteiger partial charge on any atom is 0.231 e. The first-order chi connectivity index (χ1) is 9.79. The normalized spacial score (nSPS) is 37.6. The summed E-state index contributed by atoms with van der Waals surface area (Å²) in [6, 6.07) is 5.31. The molecule has 3 aliphatic heterocycles. The van der Waals surface area contributed by atoms with Gasteiger partial charge in [-0.3, -0.25) is 4.90 Å². The van der Waals surface area contributed by atoms with Crippen LogP contribution in [-0.4, -0.2) is 24.3 Å². The summed E-state index contributed by atoms with van der Waals surface area (Å²) in [5.74, 6) is 4.40. The van der Waals surface area contributed by atoms with Crippen molar-refractivity contribution in [2.75, 3.05) is 13.3 Å². The third-order valence-corrected chi connectivity index (χ3v) is 5.87. The summed E-state index contributed by atoms with van der Waals surface area (Å²) in [6.07, 6.45) is 4.16. The lowest BCUT2D eigenvalue weighted by molar-refractivity contribution is 0.112. The zero-order valence-electron chi connectivity index (χ0n) is 12.0. The van der Waals surface area contributed by atoms with Gasteiger partial charge in [-0.15, -0.1) is 0 Å². The highest BCUT2D eigenvalue weighted by Crippen LogP contribution is 2.52. The van der Waals surface area contributed by atoms with Crippen LogP contribution in [0.4, 0.5) is 0 Å². The molecule has 1 aliphatic carbocycles. The van der Waals surface area contributed by atoms with Crippen LogP contribution in [0.5, 0.6) is 11.5 Å². The lowest BCUT2D eigenvalue weighted by atomic mass is 9.68. The number of benzene rings is 1. The van der Waals surface area contributed by atoms with Crippen molar-refractivity contribution >= 4 is 0 Å². The SMILES string of the molecule is CC1C[C@@H]2CCN3Cc4cc5c(cc4[C@@H](C1)[C@H]23)OCO5. The summed E-state index contributed by atoms with van der Waals surface area (Å²) in [7, 11) is 0. The standard InChI is InChI=1S/C17H21NO2/c1-10-4-11-2-3-18-8-12-6-15-16(20-9-19-15)7-13(12)14(5-10)17(11)18/h6-7,10-11,14,17H,2-5,8-9H2,1H3/t10?,11-,14+,17-/m0/s1. The molecule has 1 saturated carbocycles. The first-order valence-electron chi connectivity index (χ1n) is 7.96. The maximum absolute atomic E-state index is 5.60.